The molecule has 0 saturated heterocycles. The Morgan fingerprint density at radius 2 is 1.94 bits per heavy atom. The Morgan fingerprint density at radius 1 is 1.19 bits per heavy atom. The average molecular weight is 219 g/mol. The third kappa shape index (κ3) is 3.49. The second kappa shape index (κ2) is 5.85. The van der Waals surface area contributed by atoms with Crippen LogP contribution < -0.4 is 11.1 Å². The molecular weight excluding hydrogens is 198 g/mol. The predicted molar refractivity (Wildman–Crippen MR) is 67.0 cm³/mol. The summed E-state index contributed by atoms with van der Waals surface area (Å²) in [7, 11) is 0. The first-order valence-corrected chi connectivity index (χ1v) is 6.28. The van der Waals surface area contributed by atoms with Crippen LogP contribution in [-0.4, -0.2) is 11.0 Å². The van der Waals surface area contributed by atoms with E-state index in [1.807, 2.05) is 12.1 Å². The molecule has 2 rings (SSSR count). The molecule has 1 saturated carbocycles. The fraction of sp³-hybridized carbons (Fsp3) is 0.615. The highest BCUT2D eigenvalue weighted by Gasteiger charge is 2.11. The van der Waals surface area contributed by atoms with E-state index in [9.17, 15) is 0 Å². The molecule has 1 aliphatic rings. The molecule has 88 valence electrons. The van der Waals surface area contributed by atoms with Crippen molar-refractivity contribution in [1.82, 2.24) is 10.3 Å². The van der Waals surface area contributed by atoms with E-state index >= 15 is 0 Å². The number of pyridine rings is 1. The summed E-state index contributed by atoms with van der Waals surface area (Å²) in [6.07, 6.45) is 9.89. The van der Waals surface area contributed by atoms with Gasteiger partial charge in [-0.05, 0) is 25.0 Å². The lowest BCUT2D eigenvalue weighted by Gasteiger charge is -2.15. The van der Waals surface area contributed by atoms with Crippen molar-refractivity contribution in [3.05, 3.63) is 24.0 Å². The highest BCUT2D eigenvalue weighted by atomic mass is 14.9. The minimum Gasteiger partial charge on any atom is -0.397 e. The van der Waals surface area contributed by atoms with Crippen molar-refractivity contribution in [1.29, 1.82) is 0 Å². The quantitative estimate of drug-likeness (QED) is 0.768. The molecule has 3 N–H and O–H groups in total. The molecule has 0 aliphatic heterocycles. The molecule has 0 spiro atoms. The van der Waals surface area contributed by atoms with E-state index in [1.54, 1.807) is 6.20 Å². The Bertz CT molecular complexity index is 299. The topological polar surface area (TPSA) is 50.9 Å². The zero-order chi connectivity index (χ0) is 11.2. The first-order chi connectivity index (χ1) is 7.84. The molecule has 3 nitrogen and oxygen atoms in total. The van der Waals surface area contributed by atoms with E-state index in [-0.39, 0.29) is 0 Å². The molecule has 1 heterocycles. The van der Waals surface area contributed by atoms with E-state index in [1.165, 1.54) is 38.5 Å². The number of nitrogens with one attached hydrogen (secondary N) is 1. The maximum atomic E-state index is 5.60. The molecule has 0 radical (unpaired) electrons. The molecule has 0 unspecified atom stereocenters. The van der Waals surface area contributed by atoms with Gasteiger partial charge in [-0.3, -0.25) is 4.98 Å². The van der Waals surface area contributed by atoms with Crippen LogP contribution in [0.25, 0.3) is 0 Å². The molecule has 0 aromatic carbocycles. The number of nitrogens with zero attached hydrogens (tertiary/aromatic N) is 1. The summed E-state index contributed by atoms with van der Waals surface area (Å²) in [5, 5.41) is 3.59. The summed E-state index contributed by atoms with van der Waals surface area (Å²) in [5.74, 6) is 0. The van der Waals surface area contributed by atoms with Gasteiger partial charge in [0, 0.05) is 12.6 Å². The van der Waals surface area contributed by atoms with Gasteiger partial charge in [-0.2, -0.15) is 0 Å². The Balaban J connectivity index is 1.79. The van der Waals surface area contributed by atoms with Gasteiger partial charge in [0.2, 0.25) is 0 Å². The van der Waals surface area contributed by atoms with Gasteiger partial charge >= 0.3 is 0 Å². The molecule has 1 aromatic rings. The lowest BCUT2D eigenvalue weighted by Crippen LogP contribution is -2.28. The fourth-order valence-corrected chi connectivity index (χ4v) is 2.27. The summed E-state index contributed by atoms with van der Waals surface area (Å²) in [6, 6.07) is 4.60. The molecule has 1 aromatic heterocycles. The number of hydrogen-bond acceptors (Lipinski definition) is 3. The first kappa shape index (κ1) is 11.4. The number of aromatic nitrogens is 1. The third-order valence-electron chi connectivity index (χ3n) is 3.27. The number of nitrogens with two attached hydrogens (primary N) is 1. The Labute approximate surface area is 97.5 Å². The molecular formula is C13H21N3. The molecule has 0 atom stereocenters. The van der Waals surface area contributed by atoms with Gasteiger partial charge in [-0.15, -0.1) is 0 Å². The van der Waals surface area contributed by atoms with E-state index in [2.05, 4.69) is 10.3 Å². The first-order valence-electron chi connectivity index (χ1n) is 6.28. The molecule has 1 fully saturated rings. The maximum Gasteiger partial charge on any atom is 0.0543 e. The zero-order valence-corrected chi connectivity index (χ0v) is 9.78. The van der Waals surface area contributed by atoms with Crippen LogP contribution in [0.4, 0.5) is 5.69 Å². The van der Waals surface area contributed by atoms with Crippen LogP contribution in [0.3, 0.4) is 0 Å². The largest absolute Gasteiger partial charge is 0.397 e. The van der Waals surface area contributed by atoms with E-state index in [0.29, 0.717) is 6.04 Å². The van der Waals surface area contributed by atoms with Gasteiger partial charge in [0.25, 0.3) is 0 Å². The molecule has 3 heteroatoms. The van der Waals surface area contributed by atoms with Crippen LogP contribution in [0.15, 0.2) is 18.3 Å². The number of anilines is 1. The molecule has 0 amide bonds. The van der Waals surface area contributed by atoms with Gasteiger partial charge in [0.05, 0.1) is 17.6 Å². The summed E-state index contributed by atoms with van der Waals surface area (Å²) in [6.45, 7) is 0.866. The number of rotatable bonds is 3. The molecule has 16 heavy (non-hydrogen) atoms. The Hall–Kier alpha value is -1.09. The second-order valence-electron chi connectivity index (χ2n) is 4.65. The van der Waals surface area contributed by atoms with Crippen LogP contribution >= 0.6 is 0 Å². The SMILES string of the molecule is Nc1ccc(CNC2CCCCCC2)nc1. The average Bonchev–Trinajstić information content (AvgIpc) is 2.57. The molecule has 1 aliphatic carbocycles. The van der Waals surface area contributed by atoms with Crippen molar-refractivity contribution < 1.29 is 0 Å². The monoisotopic (exact) mass is 219 g/mol. The lowest BCUT2D eigenvalue weighted by atomic mass is 10.1. The summed E-state index contributed by atoms with van der Waals surface area (Å²) >= 11 is 0. The van der Waals surface area contributed by atoms with Crippen LogP contribution in [-0.2, 0) is 6.54 Å². The Morgan fingerprint density at radius 3 is 2.56 bits per heavy atom. The standard InChI is InChI=1S/C13H21N3/c14-11-7-8-13(15-9-11)10-16-12-5-3-1-2-4-6-12/h7-9,12,16H,1-6,10,14H2. The highest BCUT2D eigenvalue weighted by Crippen LogP contribution is 2.17. The summed E-state index contributed by atoms with van der Waals surface area (Å²) in [5.41, 5.74) is 7.42. The summed E-state index contributed by atoms with van der Waals surface area (Å²) < 4.78 is 0. The zero-order valence-electron chi connectivity index (χ0n) is 9.78. The van der Waals surface area contributed by atoms with Crippen molar-refractivity contribution in [3.63, 3.8) is 0 Å². The van der Waals surface area contributed by atoms with Gasteiger partial charge in [0.15, 0.2) is 0 Å². The van der Waals surface area contributed by atoms with Crippen LogP contribution in [0.2, 0.25) is 0 Å². The lowest BCUT2D eigenvalue weighted by molar-refractivity contribution is 0.456. The Kier molecular flexibility index (Phi) is 4.17. The molecule has 0 bridgehead atoms. The van der Waals surface area contributed by atoms with Gasteiger partial charge in [0.1, 0.15) is 0 Å². The number of hydrogen-bond donors (Lipinski definition) is 2. The van der Waals surface area contributed by atoms with Gasteiger partial charge in [-0.25, -0.2) is 0 Å². The van der Waals surface area contributed by atoms with Crippen LogP contribution in [0, 0.1) is 0 Å². The van der Waals surface area contributed by atoms with Crippen molar-refractivity contribution >= 4 is 5.69 Å². The maximum absolute atomic E-state index is 5.60. The van der Waals surface area contributed by atoms with E-state index in [4.69, 9.17) is 5.73 Å². The van der Waals surface area contributed by atoms with Crippen LogP contribution in [0.5, 0.6) is 0 Å². The second-order valence-corrected chi connectivity index (χ2v) is 4.65. The fourth-order valence-electron chi connectivity index (χ4n) is 2.27. The van der Waals surface area contributed by atoms with E-state index < -0.39 is 0 Å². The predicted octanol–water partition coefficient (Wildman–Crippen LogP) is 2.48. The third-order valence-corrected chi connectivity index (χ3v) is 3.27. The number of nitrogen functional groups attached to an aromatic ring is 1. The minimum atomic E-state index is 0.682. The minimum absolute atomic E-state index is 0.682. The van der Waals surface area contributed by atoms with Gasteiger partial charge in [-0.1, -0.05) is 25.7 Å². The highest BCUT2D eigenvalue weighted by molar-refractivity contribution is 5.34. The smallest absolute Gasteiger partial charge is 0.0543 e. The van der Waals surface area contributed by atoms with Crippen molar-refractivity contribution in [2.24, 2.45) is 0 Å². The van der Waals surface area contributed by atoms with Crippen molar-refractivity contribution in [2.75, 3.05) is 5.73 Å². The summed E-state index contributed by atoms with van der Waals surface area (Å²) in [4.78, 5) is 4.30. The van der Waals surface area contributed by atoms with Gasteiger partial charge < -0.3 is 11.1 Å². The van der Waals surface area contributed by atoms with Crippen molar-refractivity contribution in [2.45, 2.75) is 51.1 Å². The normalized spacial score (nSPS) is 18.2. The van der Waals surface area contributed by atoms with Crippen LogP contribution in [0.1, 0.15) is 44.2 Å². The van der Waals surface area contributed by atoms with E-state index in [0.717, 1.165) is 17.9 Å². The van der Waals surface area contributed by atoms with Crippen molar-refractivity contribution in [3.8, 4) is 0 Å².